The number of hydrogen-bond donors (Lipinski definition) is 1. The molecule has 0 saturated heterocycles. The molecule has 6 nitrogen and oxygen atoms in total. The first-order valence-corrected chi connectivity index (χ1v) is 9.49. The fraction of sp³-hybridized carbons (Fsp3) is 0.263. The Bertz CT molecular complexity index is 1030. The predicted octanol–water partition coefficient (Wildman–Crippen LogP) is 4.26. The number of amidine groups is 1. The van der Waals surface area contributed by atoms with E-state index in [1.807, 2.05) is 13.8 Å². The van der Waals surface area contributed by atoms with Crippen LogP contribution in [0.1, 0.15) is 40.3 Å². The number of aromatic nitrogens is 3. The van der Waals surface area contributed by atoms with Crippen LogP contribution in [0.3, 0.4) is 0 Å². The minimum absolute atomic E-state index is 0.0817. The van der Waals surface area contributed by atoms with Crippen molar-refractivity contribution in [2.75, 3.05) is 0 Å². The highest BCUT2D eigenvalue weighted by Gasteiger charge is 2.31. The SMILES string of the molecule is Cc1noc(C)c1C1CC(c2cc(-c3cncnc3)c(F)cc2F)N=C(N)S1. The maximum absolute atomic E-state index is 14.7. The summed E-state index contributed by atoms with van der Waals surface area (Å²) in [6, 6.07) is 1.78. The van der Waals surface area contributed by atoms with Gasteiger partial charge in [0.25, 0.3) is 0 Å². The van der Waals surface area contributed by atoms with Crippen molar-refractivity contribution in [1.29, 1.82) is 0 Å². The number of nitrogens with two attached hydrogens (primary N) is 1. The molecule has 2 atom stereocenters. The third-order valence-corrected chi connectivity index (χ3v) is 5.77. The average Bonchev–Trinajstić information content (AvgIpc) is 3.00. The Kier molecular flexibility index (Phi) is 4.84. The molecule has 0 spiro atoms. The van der Waals surface area contributed by atoms with Gasteiger partial charge in [-0.15, -0.1) is 0 Å². The first kappa shape index (κ1) is 18.5. The summed E-state index contributed by atoms with van der Waals surface area (Å²) < 4.78 is 34.3. The molecule has 0 saturated carbocycles. The zero-order chi connectivity index (χ0) is 19.8. The molecule has 28 heavy (non-hydrogen) atoms. The molecule has 3 heterocycles. The predicted molar refractivity (Wildman–Crippen MR) is 103 cm³/mol. The largest absolute Gasteiger partial charge is 0.379 e. The van der Waals surface area contributed by atoms with Crippen molar-refractivity contribution in [3.63, 3.8) is 0 Å². The number of aryl methyl sites for hydroxylation is 2. The van der Waals surface area contributed by atoms with Crippen molar-refractivity contribution in [3.05, 3.63) is 65.1 Å². The highest BCUT2D eigenvalue weighted by Crippen LogP contribution is 2.45. The van der Waals surface area contributed by atoms with Crippen LogP contribution < -0.4 is 5.73 Å². The molecular formula is C19H17F2N5OS. The highest BCUT2D eigenvalue weighted by atomic mass is 32.2. The molecule has 0 fully saturated rings. The number of rotatable bonds is 3. The number of thioether (sulfide) groups is 1. The molecular weight excluding hydrogens is 384 g/mol. The Hall–Kier alpha value is -2.81. The molecule has 0 radical (unpaired) electrons. The Morgan fingerprint density at radius 3 is 2.57 bits per heavy atom. The summed E-state index contributed by atoms with van der Waals surface area (Å²) in [5, 5.41) is 4.25. The molecule has 4 rings (SSSR count). The van der Waals surface area contributed by atoms with Gasteiger partial charge in [-0.3, -0.25) is 4.99 Å². The first-order valence-electron chi connectivity index (χ1n) is 8.61. The second-order valence-corrected chi connectivity index (χ2v) is 7.77. The van der Waals surface area contributed by atoms with Gasteiger partial charge >= 0.3 is 0 Å². The molecule has 1 aromatic carbocycles. The molecule has 9 heteroatoms. The lowest BCUT2D eigenvalue weighted by Crippen LogP contribution is -2.20. The van der Waals surface area contributed by atoms with Gasteiger partial charge in [0.15, 0.2) is 5.17 Å². The second-order valence-electron chi connectivity index (χ2n) is 6.54. The van der Waals surface area contributed by atoms with Gasteiger partial charge in [-0.25, -0.2) is 18.7 Å². The summed E-state index contributed by atoms with van der Waals surface area (Å²) in [5.74, 6) is -0.644. The molecule has 2 aromatic heterocycles. The van der Waals surface area contributed by atoms with Crippen molar-refractivity contribution in [1.82, 2.24) is 15.1 Å². The number of benzene rings is 1. The lowest BCUT2D eigenvalue weighted by atomic mass is 9.95. The molecule has 1 aliphatic heterocycles. The van der Waals surface area contributed by atoms with E-state index in [0.717, 1.165) is 17.3 Å². The highest BCUT2D eigenvalue weighted by molar-refractivity contribution is 8.14. The minimum atomic E-state index is -0.680. The third-order valence-electron chi connectivity index (χ3n) is 4.71. The van der Waals surface area contributed by atoms with Gasteiger partial charge in [-0.1, -0.05) is 16.9 Å². The maximum atomic E-state index is 14.7. The number of halogens is 2. The molecule has 2 N–H and O–H groups in total. The van der Waals surface area contributed by atoms with Crippen LogP contribution in [0.15, 0.2) is 40.4 Å². The van der Waals surface area contributed by atoms with Gasteiger partial charge in [-0.05, 0) is 26.3 Å². The van der Waals surface area contributed by atoms with Gasteiger partial charge in [0.1, 0.15) is 23.7 Å². The van der Waals surface area contributed by atoms with E-state index in [0.29, 0.717) is 22.9 Å². The molecule has 144 valence electrons. The van der Waals surface area contributed by atoms with E-state index in [2.05, 4.69) is 20.1 Å². The van der Waals surface area contributed by atoms with E-state index in [4.69, 9.17) is 10.3 Å². The summed E-state index contributed by atoms with van der Waals surface area (Å²) in [6.07, 6.45) is 4.80. The van der Waals surface area contributed by atoms with Crippen LogP contribution in [0.5, 0.6) is 0 Å². The van der Waals surface area contributed by atoms with E-state index in [-0.39, 0.29) is 16.4 Å². The molecule has 0 amide bonds. The van der Waals surface area contributed by atoms with Crippen LogP contribution in [0, 0.1) is 25.5 Å². The van der Waals surface area contributed by atoms with Gasteiger partial charge in [-0.2, -0.15) is 0 Å². The van der Waals surface area contributed by atoms with E-state index < -0.39 is 17.7 Å². The van der Waals surface area contributed by atoms with Crippen molar-refractivity contribution in [2.24, 2.45) is 10.7 Å². The molecule has 0 bridgehead atoms. The summed E-state index contributed by atoms with van der Waals surface area (Å²) >= 11 is 1.39. The van der Waals surface area contributed by atoms with Crippen LogP contribution in [-0.4, -0.2) is 20.3 Å². The van der Waals surface area contributed by atoms with Gasteiger partial charge < -0.3 is 10.3 Å². The Labute approximate surface area is 164 Å². The molecule has 0 aliphatic carbocycles. The topological polar surface area (TPSA) is 90.2 Å². The monoisotopic (exact) mass is 401 g/mol. The number of aliphatic imine (C=N–C) groups is 1. The molecule has 3 aromatic rings. The Morgan fingerprint density at radius 2 is 1.89 bits per heavy atom. The second kappa shape index (κ2) is 7.31. The Morgan fingerprint density at radius 1 is 1.14 bits per heavy atom. The Balaban J connectivity index is 1.75. The van der Waals surface area contributed by atoms with Crippen LogP contribution >= 0.6 is 11.8 Å². The zero-order valence-electron chi connectivity index (χ0n) is 15.2. The van der Waals surface area contributed by atoms with Crippen LogP contribution in [0.2, 0.25) is 0 Å². The lowest BCUT2D eigenvalue weighted by Gasteiger charge is -2.26. The van der Waals surface area contributed by atoms with Gasteiger partial charge in [0.2, 0.25) is 0 Å². The van der Waals surface area contributed by atoms with Crippen molar-refractivity contribution in [2.45, 2.75) is 31.6 Å². The maximum Gasteiger partial charge on any atom is 0.155 e. The average molecular weight is 401 g/mol. The summed E-state index contributed by atoms with van der Waals surface area (Å²) in [6.45, 7) is 3.69. The van der Waals surface area contributed by atoms with Crippen molar-refractivity contribution in [3.8, 4) is 11.1 Å². The van der Waals surface area contributed by atoms with E-state index in [1.54, 1.807) is 0 Å². The van der Waals surface area contributed by atoms with Crippen LogP contribution in [0.25, 0.3) is 11.1 Å². The zero-order valence-corrected chi connectivity index (χ0v) is 16.0. The fourth-order valence-electron chi connectivity index (χ4n) is 3.44. The van der Waals surface area contributed by atoms with E-state index in [1.165, 1.54) is 36.5 Å². The molecule has 2 unspecified atom stereocenters. The van der Waals surface area contributed by atoms with E-state index >= 15 is 0 Å². The smallest absolute Gasteiger partial charge is 0.155 e. The summed E-state index contributed by atoms with van der Waals surface area (Å²) in [5.41, 5.74) is 8.70. The summed E-state index contributed by atoms with van der Waals surface area (Å²) in [7, 11) is 0. The molecule has 1 aliphatic rings. The van der Waals surface area contributed by atoms with Crippen LogP contribution in [0.4, 0.5) is 8.78 Å². The van der Waals surface area contributed by atoms with E-state index in [9.17, 15) is 8.78 Å². The fourth-order valence-corrected chi connectivity index (χ4v) is 4.65. The first-order chi connectivity index (χ1) is 13.4. The lowest BCUT2D eigenvalue weighted by molar-refractivity contribution is 0.392. The normalized spacial score (nSPS) is 19.5. The van der Waals surface area contributed by atoms with Gasteiger partial charge in [0, 0.05) is 46.0 Å². The minimum Gasteiger partial charge on any atom is -0.379 e. The van der Waals surface area contributed by atoms with Crippen LogP contribution in [-0.2, 0) is 0 Å². The number of nitrogens with zero attached hydrogens (tertiary/aromatic N) is 4. The standard InChI is InChI=1S/C19H17F2N5OS/c1-9-18(10(2)27-26-9)17-5-16(25-19(22)28-17)13-3-12(14(20)4-15(13)21)11-6-23-8-24-7-11/h3-4,6-8,16-17H,5H2,1-2H3,(H2,22,25). The third kappa shape index (κ3) is 3.37. The van der Waals surface area contributed by atoms with Crippen molar-refractivity contribution < 1.29 is 13.3 Å². The quantitative estimate of drug-likeness (QED) is 0.705. The van der Waals surface area contributed by atoms with Gasteiger partial charge in [0.05, 0.1) is 11.7 Å². The summed E-state index contributed by atoms with van der Waals surface area (Å²) in [4.78, 5) is 12.2. The van der Waals surface area contributed by atoms with Crippen molar-refractivity contribution >= 4 is 16.9 Å². The number of hydrogen-bond acceptors (Lipinski definition) is 7.